The molecule has 0 amide bonds. The van der Waals surface area contributed by atoms with E-state index < -0.39 is 0 Å². The van der Waals surface area contributed by atoms with Gasteiger partial charge >= 0.3 is 0 Å². The van der Waals surface area contributed by atoms with Crippen LogP contribution >= 0.6 is 0 Å². The van der Waals surface area contributed by atoms with Gasteiger partial charge in [0.2, 0.25) is 0 Å². The number of rotatable bonds is 2. The maximum absolute atomic E-state index is 5.92. The van der Waals surface area contributed by atoms with Crippen LogP contribution in [0.15, 0.2) is 6.20 Å². The first-order valence-corrected chi connectivity index (χ1v) is 3.99. The fourth-order valence-corrected chi connectivity index (χ4v) is 1.41. The average Bonchev–Trinajstić information content (AvgIpc) is 2.32. The number of hydrogen-bond donors (Lipinski definition) is 2. The Hall–Kier alpha value is -0.900. The van der Waals surface area contributed by atoms with Crippen LogP contribution < -0.4 is 5.73 Å². The number of hydrogen-bond acceptors (Lipinski definition) is 3. The first kappa shape index (κ1) is 6.79. The van der Waals surface area contributed by atoms with Crippen molar-refractivity contribution in [2.45, 2.75) is 25.3 Å². The Morgan fingerprint density at radius 3 is 2.91 bits per heavy atom. The molecule has 0 spiro atoms. The van der Waals surface area contributed by atoms with Crippen molar-refractivity contribution in [3.05, 3.63) is 11.9 Å². The lowest BCUT2D eigenvalue weighted by atomic mass is 9.79. The Balaban J connectivity index is 2.04. The molecule has 1 aromatic rings. The van der Waals surface area contributed by atoms with Gasteiger partial charge in [-0.2, -0.15) is 15.4 Å². The summed E-state index contributed by atoms with van der Waals surface area (Å²) in [6.07, 6.45) is 5.52. The third kappa shape index (κ3) is 1.14. The zero-order valence-electron chi connectivity index (χ0n) is 6.33. The first-order chi connectivity index (χ1) is 5.38. The quantitative estimate of drug-likeness (QED) is 0.652. The Morgan fingerprint density at radius 1 is 1.64 bits per heavy atom. The van der Waals surface area contributed by atoms with Crippen molar-refractivity contribution in [2.75, 3.05) is 0 Å². The van der Waals surface area contributed by atoms with Crippen molar-refractivity contribution in [3.8, 4) is 0 Å². The minimum Gasteiger partial charge on any atom is -0.322 e. The van der Waals surface area contributed by atoms with Crippen LogP contribution in [0, 0.1) is 5.92 Å². The molecule has 1 fully saturated rings. The van der Waals surface area contributed by atoms with E-state index in [-0.39, 0.29) is 6.04 Å². The highest BCUT2D eigenvalue weighted by Crippen LogP contribution is 2.34. The van der Waals surface area contributed by atoms with Crippen LogP contribution in [0.3, 0.4) is 0 Å². The minimum atomic E-state index is 0.0995. The minimum absolute atomic E-state index is 0.0995. The molecule has 60 valence electrons. The number of nitrogens with one attached hydrogen (secondary N) is 1. The van der Waals surface area contributed by atoms with E-state index in [4.69, 9.17) is 5.73 Å². The van der Waals surface area contributed by atoms with Crippen LogP contribution in [-0.2, 0) is 0 Å². The molecule has 1 aliphatic carbocycles. The van der Waals surface area contributed by atoms with E-state index in [9.17, 15) is 0 Å². The molecule has 1 saturated carbocycles. The topological polar surface area (TPSA) is 67.6 Å². The molecule has 11 heavy (non-hydrogen) atoms. The summed E-state index contributed by atoms with van der Waals surface area (Å²) < 4.78 is 0. The van der Waals surface area contributed by atoms with Gasteiger partial charge < -0.3 is 5.73 Å². The highest BCUT2D eigenvalue weighted by atomic mass is 15.3. The summed E-state index contributed by atoms with van der Waals surface area (Å²) in [4.78, 5) is 0. The number of nitrogens with two attached hydrogens (primary N) is 1. The molecule has 1 aromatic heterocycles. The molecule has 1 unspecified atom stereocenters. The summed E-state index contributed by atoms with van der Waals surface area (Å²) in [7, 11) is 0. The Kier molecular flexibility index (Phi) is 1.62. The molecule has 0 aliphatic heterocycles. The normalized spacial score (nSPS) is 21.2. The molecule has 1 aliphatic rings. The van der Waals surface area contributed by atoms with Gasteiger partial charge in [0.05, 0.1) is 17.9 Å². The second kappa shape index (κ2) is 2.62. The molecule has 1 heterocycles. The highest BCUT2D eigenvalue weighted by Gasteiger charge is 2.26. The smallest absolute Gasteiger partial charge is 0.0994 e. The van der Waals surface area contributed by atoms with Crippen molar-refractivity contribution in [3.63, 3.8) is 0 Å². The number of nitrogens with zero attached hydrogens (tertiary/aromatic N) is 2. The van der Waals surface area contributed by atoms with Gasteiger partial charge in [-0.3, -0.25) is 0 Å². The Bertz CT molecular complexity index is 214. The van der Waals surface area contributed by atoms with E-state index in [1.54, 1.807) is 6.20 Å². The van der Waals surface area contributed by atoms with Crippen molar-refractivity contribution in [1.29, 1.82) is 0 Å². The highest BCUT2D eigenvalue weighted by molar-refractivity contribution is 5.02. The standard InChI is InChI=1S/C7H12N4/c8-7(5-2-1-3-5)6-4-9-11-10-6/h4-5,7H,1-3,8H2,(H,9,10,11). The molecule has 4 heteroatoms. The van der Waals surface area contributed by atoms with Gasteiger partial charge in [-0.25, -0.2) is 0 Å². The lowest BCUT2D eigenvalue weighted by Gasteiger charge is -2.29. The number of H-pyrrole nitrogens is 1. The fraction of sp³-hybridized carbons (Fsp3) is 0.714. The summed E-state index contributed by atoms with van der Waals surface area (Å²) in [5, 5.41) is 10.3. The zero-order valence-corrected chi connectivity index (χ0v) is 6.33. The number of aromatic nitrogens is 3. The van der Waals surface area contributed by atoms with E-state index >= 15 is 0 Å². The van der Waals surface area contributed by atoms with E-state index in [2.05, 4.69) is 15.4 Å². The first-order valence-electron chi connectivity index (χ1n) is 3.99. The molecule has 3 N–H and O–H groups in total. The molecular weight excluding hydrogens is 140 g/mol. The largest absolute Gasteiger partial charge is 0.322 e. The van der Waals surface area contributed by atoms with Gasteiger partial charge in [0, 0.05) is 0 Å². The van der Waals surface area contributed by atoms with Crippen LogP contribution in [0.2, 0.25) is 0 Å². The second-order valence-electron chi connectivity index (χ2n) is 3.11. The third-order valence-corrected chi connectivity index (χ3v) is 2.43. The van der Waals surface area contributed by atoms with Gasteiger partial charge in [0.15, 0.2) is 0 Å². The maximum Gasteiger partial charge on any atom is 0.0994 e. The SMILES string of the molecule is NC(c1cn[nH]n1)C1CCC1. The van der Waals surface area contributed by atoms with Crippen LogP contribution in [-0.4, -0.2) is 15.4 Å². The van der Waals surface area contributed by atoms with Gasteiger partial charge in [-0.05, 0) is 18.8 Å². The van der Waals surface area contributed by atoms with Crippen molar-refractivity contribution in [2.24, 2.45) is 11.7 Å². The summed E-state index contributed by atoms with van der Waals surface area (Å²) >= 11 is 0. The van der Waals surface area contributed by atoms with Gasteiger partial charge in [-0.1, -0.05) is 6.42 Å². The predicted octanol–water partition coefficient (Wildman–Crippen LogP) is 0.605. The lowest BCUT2D eigenvalue weighted by molar-refractivity contribution is 0.261. The van der Waals surface area contributed by atoms with Crippen LogP contribution in [0.4, 0.5) is 0 Å². The van der Waals surface area contributed by atoms with Crippen molar-refractivity contribution >= 4 is 0 Å². The molecule has 0 radical (unpaired) electrons. The molecule has 4 nitrogen and oxygen atoms in total. The predicted molar refractivity (Wildman–Crippen MR) is 40.7 cm³/mol. The second-order valence-corrected chi connectivity index (χ2v) is 3.11. The van der Waals surface area contributed by atoms with E-state index in [0.29, 0.717) is 5.92 Å². The summed E-state index contributed by atoms with van der Waals surface area (Å²) in [5.41, 5.74) is 6.82. The van der Waals surface area contributed by atoms with E-state index in [1.807, 2.05) is 0 Å². The summed E-state index contributed by atoms with van der Waals surface area (Å²) in [5.74, 6) is 0.639. The summed E-state index contributed by atoms with van der Waals surface area (Å²) in [6.45, 7) is 0. The molecule has 0 aromatic carbocycles. The summed E-state index contributed by atoms with van der Waals surface area (Å²) in [6, 6.07) is 0.0995. The third-order valence-electron chi connectivity index (χ3n) is 2.43. The number of aromatic amines is 1. The molecule has 2 rings (SSSR count). The zero-order chi connectivity index (χ0) is 7.68. The fourth-order valence-electron chi connectivity index (χ4n) is 1.41. The molecule has 1 atom stereocenters. The van der Waals surface area contributed by atoms with Crippen LogP contribution in [0.1, 0.15) is 31.0 Å². The Morgan fingerprint density at radius 2 is 2.45 bits per heavy atom. The van der Waals surface area contributed by atoms with Crippen LogP contribution in [0.25, 0.3) is 0 Å². The molecular formula is C7H12N4. The monoisotopic (exact) mass is 152 g/mol. The van der Waals surface area contributed by atoms with Crippen LogP contribution in [0.5, 0.6) is 0 Å². The van der Waals surface area contributed by atoms with Crippen molar-refractivity contribution in [1.82, 2.24) is 15.4 Å². The lowest BCUT2D eigenvalue weighted by Crippen LogP contribution is -2.27. The van der Waals surface area contributed by atoms with Gasteiger partial charge in [-0.15, -0.1) is 0 Å². The molecule has 0 bridgehead atoms. The molecule has 0 saturated heterocycles. The average molecular weight is 152 g/mol. The van der Waals surface area contributed by atoms with Gasteiger partial charge in [0.1, 0.15) is 0 Å². The van der Waals surface area contributed by atoms with E-state index in [1.165, 1.54) is 19.3 Å². The Labute approximate surface area is 65.2 Å². The van der Waals surface area contributed by atoms with Gasteiger partial charge in [0.25, 0.3) is 0 Å². The van der Waals surface area contributed by atoms with E-state index in [0.717, 1.165) is 5.69 Å². The maximum atomic E-state index is 5.92. The van der Waals surface area contributed by atoms with Crippen molar-refractivity contribution < 1.29 is 0 Å².